The second-order valence-corrected chi connectivity index (χ2v) is 7.56. The van der Waals surface area contributed by atoms with E-state index in [1.54, 1.807) is 33.5 Å². The van der Waals surface area contributed by atoms with Gasteiger partial charge in [-0.25, -0.2) is 0 Å². The van der Waals surface area contributed by atoms with Crippen LogP contribution in [0, 0.1) is 6.92 Å². The van der Waals surface area contributed by atoms with Crippen molar-refractivity contribution in [2.75, 3.05) is 59.0 Å². The molecule has 0 saturated carbocycles. The Morgan fingerprint density at radius 1 is 0.933 bits per heavy atom. The summed E-state index contributed by atoms with van der Waals surface area (Å²) < 4.78 is 16.0. The number of rotatable bonds is 9. The number of benzene rings is 2. The van der Waals surface area contributed by atoms with E-state index in [9.17, 15) is 4.79 Å². The van der Waals surface area contributed by atoms with Crippen molar-refractivity contribution in [3.8, 4) is 17.2 Å². The number of methoxy groups -OCH3 is 3. The largest absolute Gasteiger partial charge is 0.493 e. The first-order chi connectivity index (χ1) is 14.6. The third-order valence-electron chi connectivity index (χ3n) is 5.69. The number of hydrogen-bond donors (Lipinski definition) is 0. The minimum Gasteiger partial charge on any atom is -0.493 e. The predicted molar refractivity (Wildman–Crippen MR) is 119 cm³/mol. The number of nitrogens with zero attached hydrogens (tertiary/aromatic N) is 2. The molecule has 3 rings (SSSR count). The van der Waals surface area contributed by atoms with Gasteiger partial charge >= 0.3 is 0 Å². The molecule has 2 aromatic rings. The Labute approximate surface area is 179 Å². The monoisotopic (exact) mass is 412 g/mol. The summed E-state index contributed by atoms with van der Waals surface area (Å²) in [6.07, 6.45) is 1.33. The molecular formula is C24H32N2O4. The van der Waals surface area contributed by atoms with Crippen LogP contribution in [-0.2, 0) is 0 Å². The number of Topliss-reactive ketones (excluding diaryl/α,β-unsaturated/α-hetero) is 1. The van der Waals surface area contributed by atoms with Gasteiger partial charge in [-0.2, -0.15) is 0 Å². The highest BCUT2D eigenvalue weighted by molar-refractivity contribution is 5.97. The molecule has 1 heterocycles. The summed E-state index contributed by atoms with van der Waals surface area (Å²) in [7, 11) is 4.67. The molecule has 0 spiro atoms. The fraction of sp³-hybridized carbons (Fsp3) is 0.458. The van der Waals surface area contributed by atoms with E-state index in [-0.39, 0.29) is 5.78 Å². The van der Waals surface area contributed by atoms with Crippen LogP contribution < -0.4 is 19.1 Å². The normalized spacial score (nSPS) is 14.5. The summed E-state index contributed by atoms with van der Waals surface area (Å²) in [6, 6.07) is 12.0. The molecular weight excluding hydrogens is 380 g/mol. The quantitative estimate of drug-likeness (QED) is 0.584. The van der Waals surface area contributed by atoms with Gasteiger partial charge in [0.05, 0.1) is 21.3 Å². The number of ether oxygens (including phenoxy) is 3. The van der Waals surface area contributed by atoms with E-state index in [1.165, 1.54) is 11.3 Å². The van der Waals surface area contributed by atoms with Crippen molar-refractivity contribution in [2.45, 2.75) is 19.8 Å². The van der Waals surface area contributed by atoms with Gasteiger partial charge in [0.15, 0.2) is 17.3 Å². The van der Waals surface area contributed by atoms with Gasteiger partial charge in [-0.3, -0.25) is 9.69 Å². The zero-order chi connectivity index (χ0) is 21.5. The summed E-state index contributed by atoms with van der Waals surface area (Å²) >= 11 is 0. The highest BCUT2D eigenvalue weighted by Gasteiger charge is 2.20. The first kappa shape index (κ1) is 22.0. The summed E-state index contributed by atoms with van der Waals surface area (Å²) in [5.74, 6) is 1.61. The Kier molecular flexibility index (Phi) is 7.57. The van der Waals surface area contributed by atoms with Crippen molar-refractivity contribution in [2.24, 2.45) is 0 Å². The van der Waals surface area contributed by atoms with Crippen LogP contribution in [0.1, 0.15) is 28.8 Å². The molecule has 0 radical (unpaired) electrons. The lowest BCUT2D eigenvalue weighted by molar-refractivity contribution is 0.0973. The summed E-state index contributed by atoms with van der Waals surface area (Å²) in [5.41, 5.74) is 3.24. The molecule has 0 unspecified atom stereocenters. The third kappa shape index (κ3) is 5.05. The molecule has 6 heteroatoms. The van der Waals surface area contributed by atoms with Crippen molar-refractivity contribution in [3.05, 3.63) is 47.5 Å². The van der Waals surface area contributed by atoms with E-state index >= 15 is 0 Å². The minimum absolute atomic E-state index is 0.0906. The van der Waals surface area contributed by atoms with Gasteiger partial charge < -0.3 is 19.1 Å². The van der Waals surface area contributed by atoms with Crippen LogP contribution >= 0.6 is 0 Å². The molecule has 0 aromatic heterocycles. The first-order valence-electron chi connectivity index (χ1n) is 10.4. The average Bonchev–Trinajstić information content (AvgIpc) is 2.78. The van der Waals surface area contributed by atoms with Crippen molar-refractivity contribution in [1.29, 1.82) is 0 Å². The second-order valence-electron chi connectivity index (χ2n) is 7.56. The van der Waals surface area contributed by atoms with Crippen LogP contribution in [-0.4, -0.2) is 64.7 Å². The fourth-order valence-electron chi connectivity index (χ4n) is 3.98. The number of carbonyl (C=O) groups excluding carboxylic acids is 1. The Balaban J connectivity index is 1.50. The van der Waals surface area contributed by atoms with Gasteiger partial charge in [0.2, 0.25) is 5.75 Å². The summed E-state index contributed by atoms with van der Waals surface area (Å²) in [4.78, 5) is 17.6. The third-order valence-corrected chi connectivity index (χ3v) is 5.69. The zero-order valence-electron chi connectivity index (χ0n) is 18.4. The Morgan fingerprint density at radius 3 is 2.13 bits per heavy atom. The number of piperazine rings is 1. The Morgan fingerprint density at radius 2 is 1.57 bits per heavy atom. The van der Waals surface area contributed by atoms with Gasteiger partial charge in [0.1, 0.15) is 0 Å². The van der Waals surface area contributed by atoms with Gasteiger partial charge in [0.25, 0.3) is 0 Å². The molecule has 0 aliphatic carbocycles. The predicted octanol–water partition coefficient (Wildman–Crippen LogP) is 3.81. The molecule has 162 valence electrons. The van der Waals surface area contributed by atoms with Gasteiger partial charge in [-0.1, -0.05) is 18.2 Å². The molecule has 6 nitrogen and oxygen atoms in total. The fourth-order valence-corrected chi connectivity index (χ4v) is 3.98. The molecule has 1 aliphatic rings. The number of anilines is 1. The lowest BCUT2D eigenvalue weighted by Gasteiger charge is -2.36. The maximum Gasteiger partial charge on any atom is 0.203 e. The van der Waals surface area contributed by atoms with E-state index in [1.807, 2.05) is 0 Å². The standard InChI is InChI=1S/C24H32N2O4/c1-18-8-5-6-9-20(18)26-14-12-25(13-15-26)11-7-10-21(27)19-16-22(28-2)24(30-4)23(17-19)29-3/h5-6,8-9,16-17H,7,10-15H2,1-4H3. The topological polar surface area (TPSA) is 51.2 Å². The SMILES string of the molecule is COc1cc(C(=O)CCCN2CCN(c3ccccc3C)CC2)cc(OC)c1OC. The maximum absolute atomic E-state index is 12.7. The molecule has 1 fully saturated rings. The number of ketones is 1. The van der Waals surface area contributed by atoms with E-state index in [0.29, 0.717) is 29.2 Å². The van der Waals surface area contributed by atoms with Crippen molar-refractivity contribution >= 4 is 11.5 Å². The second kappa shape index (κ2) is 10.3. The molecule has 30 heavy (non-hydrogen) atoms. The smallest absolute Gasteiger partial charge is 0.203 e. The van der Waals surface area contributed by atoms with Crippen LogP contribution in [0.2, 0.25) is 0 Å². The van der Waals surface area contributed by atoms with Crippen molar-refractivity contribution in [1.82, 2.24) is 4.90 Å². The number of aryl methyl sites for hydroxylation is 1. The minimum atomic E-state index is 0.0906. The van der Waals surface area contributed by atoms with Gasteiger partial charge in [-0.05, 0) is 43.7 Å². The lowest BCUT2D eigenvalue weighted by Crippen LogP contribution is -2.46. The van der Waals surface area contributed by atoms with Crippen LogP contribution in [0.25, 0.3) is 0 Å². The Hall–Kier alpha value is -2.73. The van der Waals surface area contributed by atoms with Crippen LogP contribution in [0.5, 0.6) is 17.2 Å². The van der Waals surface area contributed by atoms with Crippen LogP contribution in [0.15, 0.2) is 36.4 Å². The average molecular weight is 413 g/mol. The molecule has 0 N–H and O–H groups in total. The number of carbonyl (C=O) groups is 1. The molecule has 0 amide bonds. The maximum atomic E-state index is 12.7. The highest BCUT2D eigenvalue weighted by atomic mass is 16.5. The molecule has 2 aromatic carbocycles. The van der Waals surface area contributed by atoms with Crippen LogP contribution in [0.3, 0.4) is 0 Å². The first-order valence-corrected chi connectivity index (χ1v) is 10.4. The molecule has 1 saturated heterocycles. The van der Waals surface area contributed by atoms with E-state index < -0.39 is 0 Å². The van der Waals surface area contributed by atoms with Crippen molar-refractivity contribution < 1.29 is 19.0 Å². The van der Waals surface area contributed by atoms with Gasteiger partial charge in [0, 0.05) is 43.9 Å². The van der Waals surface area contributed by atoms with Crippen LogP contribution in [0.4, 0.5) is 5.69 Å². The van der Waals surface area contributed by atoms with E-state index in [0.717, 1.165) is 39.1 Å². The Bertz CT molecular complexity index is 835. The molecule has 0 atom stereocenters. The summed E-state index contributed by atoms with van der Waals surface area (Å²) in [6.45, 7) is 7.17. The number of hydrogen-bond acceptors (Lipinski definition) is 6. The number of para-hydroxylation sites is 1. The van der Waals surface area contributed by atoms with Crippen molar-refractivity contribution in [3.63, 3.8) is 0 Å². The van der Waals surface area contributed by atoms with E-state index in [2.05, 4.69) is 41.0 Å². The zero-order valence-corrected chi connectivity index (χ0v) is 18.4. The molecule has 0 bridgehead atoms. The van der Waals surface area contributed by atoms with Gasteiger partial charge in [-0.15, -0.1) is 0 Å². The van der Waals surface area contributed by atoms with E-state index in [4.69, 9.17) is 14.2 Å². The highest BCUT2D eigenvalue weighted by Crippen LogP contribution is 2.38. The molecule has 1 aliphatic heterocycles. The summed E-state index contributed by atoms with van der Waals surface area (Å²) in [5, 5.41) is 0. The lowest BCUT2D eigenvalue weighted by atomic mass is 10.0.